The Morgan fingerprint density at radius 1 is 1.00 bits per heavy atom. The van der Waals surface area contributed by atoms with Crippen LogP contribution >= 0.6 is 0 Å². The first-order chi connectivity index (χ1) is 10.2. The Labute approximate surface area is 139 Å². The summed E-state index contributed by atoms with van der Waals surface area (Å²) in [4.78, 5) is 36.4. The van der Waals surface area contributed by atoms with Gasteiger partial charge in [0.25, 0.3) is 0 Å². The molecule has 2 atom stereocenters. The van der Waals surface area contributed by atoms with Gasteiger partial charge in [0.15, 0.2) is 23.2 Å². The zero-order valence-electron chi connectivity index (χ0n) is 15.4. The minimum Gasteiger partial charge on any atom is -0.550 e. The number of rotatable bonds is 10. The number of ketones is 2. The van der Waals surface area contributed by atoms with Gasteiger partial charge in [-0.25, -0.2) is 0 Å². The maximum absolute atomic E-state index is 12.7. The molecule has 0 aromatic rings. The summed E-state index contributed by atoms with van der Waals surface area (Å²) >= 11 is 0. The maximum Gasteiger partial charge on any atom is 0.193 e. The van der Waals surface area contributed by atoms with Crippen LogP contribution in [0.3, 0.4) is 0 Å². The molecule has 2 unspecified atom stereocenters. The number of aliphatic hydroxyl groups is 1. The second-order valence-electron chi connectivity index (χ2n) is 8.08. The molecular weight excluding hydrogens is 298 g/mol. The van der Waals surface area contributed by atoms with E-state index in [2.05, 4.69) is 0 Å². The lowest BCUT2D eigenvalue weighted by Gasteiger charge is -2.43. The van der Waals surface area contributed by atoms with Gasteiger partial charge in [-0.2, -0.15) is 0 Å². The molecule has 0 amide bonds. The zero-order valence-corrected chi connectivity index (χ0v) is 15.4. The van der Waals surface area contributed by atoms with E-state index in [4.69, 9.17) is 0 Å². The molecule has 0 spiro atoms. The van der Waals surface area contributed by atoms with Crippen molar-refractivity contribution in [2.24, 2.45) is 11.8 Å². The summed E-state index contributed by atoms with van der Waals surface area (Å²) < 4.78 is -0.0286. The van der Waals surface area contributed by atoms with Gasteiger partial charge in [0.05, 0.1) is 21.1 Å². The maximum atomic E-state index is 12.7. The van der Waals surface area contributed by atoms with Crippen LogP contribution in [-0.2, 0) is 14.4 Å². The molecule has 0 saturated heterocycles. The Bertz CT molecular complexity index is 450. The van der Waals surface area contributed by atoms with E-state index in [-0.39, 0.29) is 34.9 Å². The van der Waals surface area contributed by atoms with Crippen molar-refractivity contribution >= 4 is 17.5 Å². The number of carbonyl (C=O) groups is 3. The molecule has 0 radical (unpaired) electrons. The lowest BCUT2D eigenvalue weighted by Crippen LogP contribution is -2.67. The number of carboxylic acids is 1. The third-order valence-corrected chi connectivity index (χ3v) is 3.63. The van der Waals surface area contributed by atoms with Crippen molar-refractivity contribution in [2.45, 2.75) is 58.6 Å². The number of hydrogen-bond donors (Lipinski definition) is 1. The summed E-state index contributed by atoms with van der Waals surface area (Å²) in [7, 11) is 5.02. The van der Waals surface area contributed by atoms with Crippen LogP contribution < -0.4 is 5.11 Å². The van der Waals surface area contributed by atoms with E-state index in [0.29, 0.717) is 0 Å². The van der Waals surface area contributed by atoms with Crippen LogP contribution in [0.5, 0.6) is 0 Å². The van der Waals surface area contributed by atoms with Crippen molar-refractivity contribution < 1.29 is 29.1 Å². The molecule has 0 saturated carbocycles. The number of Topliss-reactive ketones (excluding diaryl/α,β-unsaturated/α-hetero) is 2. The van der Waals surface area contributed by atoms with Gasteiger partial charge in [0.1, 0.15) is 0 Å². The summed E-state index contributed by atoms with van der Waals surface area (Å²) in [6.07, 6.45) is -0.692. The van der Waals surface area contributed by atoms with Crippen LogP contribution in [0.25, 0.3) is 0 Å². The van der Waals surface area contributed by atoms with Crippen molar-refractivity contribution in [2.75, 3.05) is 21.1 Å². The highest BCUT2D eigenvalue weighted by Gasteiger charge is 2.54. The number of carboxylic acid groups (broad SMARTS) is 1. The predicted molar refractivity (Wildman–Crippen MR) is 85.3 cm³/mol. The number of nitrogens with zero attached hydrogens (tertiary/aromatic N) is 1. The SMILES string of the molecule is CC(C)CC(=O)C(C(O)(CC(=O)[O-])C(=O)CC(C)C)[N+](C)(C)C. The first-order valence-corrected chi connectivity index (χ1v) is 8.01. The molecule has 0 rings (SSSR count). The van der Waals surface area contributed by atoms with E-state index in [9.17, 15) is 24.6 Å². The van der Waals surface area contributed by atoms with E-state index < -0.39 is 29.8 Å². The third kappa shape index (κ3) is 6.39. The number of aliphatic carboxylic acids is 1. The molecule has 0 aromatic heterocycles. The fourth-order valence-corrected chi connectivity index (χ4v) is 2.97. The highest BCUT2D eigenvalue weighted by Crippen LogP contribution is 2.29. The molecule has 6 nitrogen and oxygen atoms in total. The van der Waals surface area contributed by atoms with Crippen LogP contribution in [-0.4, -0.2) is 59.9 Å². The molecule has 23 heavy (non-hydrogen) atoms. The van der Waals surface area contributed by atoms with Crippen molar-refractivity contribution in [3.63, 3.8) is 0 Å². The van der Waals surface area contributed by atoms with Crippen molar-refractivity contribution in [3.8, 4) is 0 Å². The molecule has 0 aliphatic rings. The fourth-order valence-electron chi connectivity index (χ4n) is 2.97. The zero-order chi connectivity index (χ0) is 18.6. The topological polar surface area (TPSA) is 94.5 Å². The van der Waals surface area contributed by atoms with E-state index in [1.54, 1.807) is 35.0 Å². The predicted octanol–water partition coefficient (Wildman–Crippen LogP) is 0.163. The third-order valence-electron chi connectivity index (χ3n) is 3.63. The number of quaternary nitrogens is 1. The second kappa shape index (κ2) is 8.02. The highest BCUT2D eigenvalue weighted by atomic mass is 16.4. The largest absolute Gasteiger partial charge is 0.550 e. The Kier molecular flexibility index (Phi) is 7.57. The molecule has 0 bridgehead atoms. The van der Waals surface area contributed by atoms with Gasteiger partial charge >= 0.3 is 0 Å². The fraction of sp³-hybridized carbons (Fsp3) is 0.824. The quantitative estimate of drug-likeness (QED) is 0.576. The van der Waals surface area contributed by atoms with Crippen molar-refractivity contribution in [1.29, 1.82) is 0 Å². The average Bonchev–Trinajstić information content (AvgIpc) is 2.22. The molecule has 0 aliphatic carbocycles. The van der Waals surface area contributed by atoms with Gasteiger partial charge in [-0.05, 0) is 11.8 Å². The highest BCUT2D eigenvalue weighted by molar-refractivity contribution is 5.98. The Balaban J connectivity index is 5.96. The summed E-state index contributed by atoms with van der Waals surface area (Å²) in [6, 6.07) is -1.14. The summed E-state index contributed by atoms with van der Waals surface area (Å²) in [5.41, 5.74) is -2.26. The van der Waals surface area contributed by atoms with Crippen LogP contribution in [0, 0.1) is 11.8 Å². The van der Waals surface area contributed by atoms with Gasteiger partial charge in [-0.15, -0.1) is 0 Å². The van der Waals surface area contributed by atoms with Gasteiger partial charge in [0, 0.05) is 25.2 Å². The number of hydrogen-bond acceptors (Lipinski definition) is 5. The molecular formula is C17H31NO5. The normalized spacial score (nSPS) is 16.3. The summed E-state index contributed by atoms with van der Waals surface area (Å²) in [5, 5.41) is 22.1. The van der Waals surface area contributed by atoms with Crippen molar-refractivity contribution in [1.82, 2.24) is 0 Å². The summed E-state index contributed by atoms with van der Waals surface area (Å²) in [5.74, 6) is -2.48. The van der Waals surface area contributed by atoms with Crippen LogP contribution in [0.15, 0.2) is 0 Å². The molecule has 0 fully saturated rings. The standard InChI is InChI=1S/C17H31NO5/c1-11(2)8-13(19)16(18(5,6)7)17(23,10-15(21)22)14(20)9-12(3)4/h11-12,16,23H,8-10H2,1-7H3. The Hall–Kier alpha value is -1.27. The van der Waals surface area contributed by atoms with Crippen molar-refractivity contribution in [3.05, 3.63) is 0 Å². The van der Waals surface area contributed by atoms with E-state index in [1.807, 2.05) is 13.8 Å². The Morgan fingerprint density at radius 2 is 1.43 bits per heavy atom. The second-order valence-corrected chi connectivity index (χ2v) is 8.08. The van der Waals surface area contributed by atoms with Crippen LogP contribution in [0.1, 0.15) is 47.0 Å². The molecule has 0 aliphatic heterocycles. The van der Waals surface area contributed by atoms with E-state index in [1.165, 1.54) is 0 Å². The lowest BCUT2D eigenvalue weighted by atomic mass is 9.78. The van der Waals surface area contributed by atoms with E-state index >= 15 is 0 Å². The molecule has 6 heteroatoms. The first-order valence-electron chi connectivity index (χ1n) is 8.01. The minimum atomic E-state index is -2.26. The molecule has 0 heterocycles. The monoisotopic (exact) mass is 329 g/mol. The lowest BCUT2D eigenvalue weighted by molar-refractivity contribution is -0.892. The molecule has 0 aromatic carbocycles. The minimum absolute atomic E-state index is 0.00917. The first kappa shape index (κ1) is 21.7. The van der Waals surface area contributed by atoms with Gasteiger partial charge in [-0.1, -0.05) is 27.7 Å². The summed E-state index contributed by atoms with van der Waals surface area (Å²) in [6.45, 7) is 7.32. The van der Waals surface area contributed by atoms with Crippen LogP contribution in [0.2, 0.25) is 0 Å². The van der Waals surface area contributed by atoms with Gasteiger partial charge in [-0.3, -0.25) is 9.59 Å². The Morgan fingerprint density at radius 3 is 1.74 bits per heavy atom. The van der Waals surface area contributed by atoms with Gasteiger partial charge < -0.3 is 19.5 Å². The van der Waals surface area contributed by atoms with E-state index in [0.717, 1.165) is 0 Å². The average molecular weight is 329 g/mol. The van der Waals surface area contributed by atoms with Gasteiger partial charge in [0.2, 0.25) is 0 Å². The number of carbonyl (C=O) groups excluding carboxylic acids is 3. The van der Waals surface area contributed by atoms with Crippen LogP contribution in [0.4, 0.5) is 0 Å². The smallest absolute Gasteiger partial charge is 0.193 e. The number of likely N-dealkylation sites (N-methyl/N-ethyl adjacent to an activating group) is 1. The molecule has 134 valence electrons. The molecule has 1 N–H and O–H groups in total.